The van der Waals surface area contributed by atoms with Gasteiger partial charge in [-0.25, -0.2) is 12.4 Å². The molecule has 0 saturated carbocycles. The predicted octanol–water partition coefficient (Wildman–Crippen LogP) is 4.59. The third-order valence-corrected chi connectivity index (χ3v) is 7.33. The largest absolute Gasteiger partial charge is 0.497 e. The number of aliphatic hydroxyl groups is 1. The van der Waals surface area contributed by atoms with E-state index in [9.17, 15) is 13.5 Å². The predicted molar refractivity (Wildman–Crippen MR) is 124 cm³/mol. The summed E-state index contributed by atoms with van der Waals surface area (Å²) in [7, 11) is -2.42. The normalized spacial score (nSPS) is 11.8. The van der Waals surface area contributed by atoms with Crippen LogP contribution in [-0.4, -0.2) is 29.6 Å². The van der Waals surface area contributed by atoms with Crippen molar-refractivity contribution >= 4 is 31.7 Å². The molecule has 0 radical (unpaired) electrons. The lowest BCUT2D eigenvalue weighted by Crippen LogP contribution is -2.16. The molecule has 160 valence electrons. The number of rotatable bonds is 5. The molecule has 0 amide bonds. The van der Waals surface area contributed by atoms with Gasteiger partial charge in [-0.1, -0.05) is 42.5 Å². The van der Waals surface area contributed by atoms with Crippen LogP contribution >= 0.6 is 0 Å². The number of aromatic nitrogens is 2. The van der Waals surface area contributed by atoms with Crippen LogP contribution in [0, 0.1) is 0 Å². The van der Waals surface area contributed by atoms with Crippen molar-refractivity contribution in [2.75, 3.05) is 7.11 Å². The van der Waals surface area contributed by atoms with E-state index in [0.29, 0.717) is 27.9 Å². The van der Waals surface area contributed by atoms with Crippen molar-refractivity contribution in [2.24, 2.45) is 0 Å². The first-order valence-corrected chi connectivity index (χ1v) is 11.5. The second-order valence-electron chi connectivity index (χ2n) is 7.33. The highest BCUT2D eigenvalue weighted by Crippen LogP contribution is 2.40. The molecule has 1 N–H and O–H groups in total. The van der Waals surface area contributed by atoms with E-state index in [-0.39, 0.29) is 10.6 Å². The number of ether oxygens (including phenoxy) is 1. The summed E-state index contributed by atoms with van der Waals surface area (Å²) in [4.78, 5) is 4.74. The van der Waals surface area contributed by atoms with Gasteiger partial charge in [-0.15, -0.1) is 0 Å². The van der Waals surface area contributed by atoms with Gasteiger partial charge in [0.2, 0.25) is 0 Å². The second-order valence-corrected chi connectivity index (χ2v) is 9.11. The molecule has 0 aliphatic rings. The lowest BCUT2D eigenvalue weighted by molar-refractivity contribution is 0.276. The smallest absolute Gasteiger partial charge is 0.268 e. The van der Waals surface area contributed by atoms with E-state index in [2.05, 4.69) is 4.98 Å². The Labute approximate surface area is 185 Å². The van der Waals surface area contributed by atoms with Gasteiger partial charge in [-0.3, -0.25) is 4.98 Å². The van der Waals surface area contributed by atoms with Crippen LogP contribution in [0.25, 0.3) is 32.9 Å². The Morgan fingerprint density at radius 1 is 0.938 bits per heavy atom. The first kappa shape index (κ1) is 20.2. The number of hydrogen-bond donors (Lipinski definition) is 1. The van der Waals surface area contributed by atoms with Crippen LogP contribution in [0.4, 0.5) is 0 Å². The Morgan fingerprint density at radius 3 is 2.44 bits per heavy atom. The lowest BCUT2D eigenvalue weighted by Gasteiger charge is -2.12. The van der Waals surface area contributed by atoms with Crippen molar-refractivity contribution in [3.8, 4) is 17.0 Å². The Morgan fingerprint density at radius 2 is 1.69 bits per heavy atom. The van der Waals surface area contributed by atoms with Gasteiger partial charge in [0.1, 0.15) is 5.75 Å². The fourth-order valence-corrected chi connectivity index (χ4v) is 5.69. The number of pyridine rings is 1. The van der Waals surface area contributed by atoms with E-state index < -0.39 is 16.6 Å². The number of benzene rings is 3. The van der Waals surface area contributed by atoms with Gasteiger partial charge in [0.15, 0.2) is 0 Å². The molecule has 2 heterocycles. The average molecular weight is 445 g/mol. The standard InChI is InChI=1S/C25H20N2O4S/c1-31-18-11-12-22-21(15-18)24(25-20-10-6-5-7-17(20)13-14-26-25)23(16-28)27(22)32(29,30)19-8-3-2-4-9-19/h2-15,28H,16H2,1H3. The first-order chi connectivity index (χ1) is 15.6. The zero-order valence-corrected chi connectivity index (χ0v) is 18.1. The van der Waals surface area contributed by atoms with E-state index in [1.54, 1.807) is 61.8 Å². The average Bonchev–Trinajstić information content (AvgIpc) is 3.18. The molecule has 32 heavy (non-hydrogen) atoms. The van der Waals surface area contributed by atoms with Gasteiger partial charge in [0.25, 0.3) is 10.0 Å². The summed E-state index contributed by atoms with van der Waals surface area (Å²) < 4.78 is 34.0. The minimum absolute atomic E-state index is 0.139. The summed E-state index contributed by atoms with van der Waals surface area (Å²) in [6.45, 7) is -0.483. The van der Waals surface area contributed by atoms with Gasteiger partial charge in [0, 0.05) is 22.5 Å². The van der Waals surface area contributed by atoms with Crippen LogP contribution in [-0.2, 0) is 16.6 Å². The van der Waals surface area contributed by atoms with E-state index in [0.717, 1.165) is 10.8 Å². The molecular formula is C25H20N2O4S. The highest BCUT2D eigenvalue weighted by atomic mass is 32.2. The fourth-order valence-electron chi connectivity index (χ4n) is 4.12. The summed E-state index contributed by atoms with van der Waals surface area (Å²) in [5, 5.41) is 12.9. The van der Waals surface area contributed by atoms with E-state index >= 15 is 0 Å². The lowest BCUT2D eigenvalue weighted by atomic mass is 10.0. The zero-order valence-electron chi connectivity index (χ0n) is 17.3. The number of methoxy groups -OCH3 is 1. The third-order valence-electron chi connectivity index (χ3n) is 5.57. The van der Waals surface area contributed by atoms with Crippen molar-refractivity contribution in [3.63, 3.8) is 0 Å². The maximum absolute atomic E-state index is 13.7. The van der Waals surface area contributed by atoms with E-state index in [1.165, 1.54) is 3.97 Å². The van der Waals surface area contributed by atoms with Crippen molar-refractivity contribution in [3.05, 3.63) is 90.8 Å². The number of nitrogens with zero attached hydrogens (tertiary/aromatic N) is 2. The maximum Gasteiger partial charge on any atom is 0.268 e. The molecule has 0 unspecified atom stereocenters. The highest BCUT2D eigenvalue weighted by molar-refractivity contribution is 7.90. The molecule has 0 fully saturated rings. The zero-order chi connectivity index (χ0) is 22.3. The summed E-state index contributed by atoms with van der Waals surface area (Å²) >= 11 is 0. The van der Waals surface area contributed by atoms with E-state index in [4.69, 9.17) is 4.74 Å². The Balaban J connectivity index is 1.94. The van der Waals surface area contributed by atoms with Crippen LogP contribution in [0.5, 0.6) is 5.75 Å². The quantitative estimate of drug-likeness (QED) is 0.429. The Hall–Kier alpha value is -3.68. The molecule has 3 aromatic carbocycles. The fraction of sp³-hybridized carbons (Fsp3) is 0.0800. The Bertz CT molecular complexity index is 1550. The van der Waals surface area contributed by atoms with Crippen molar-refractivity contribution in [2.45, 2.75) is 11.5 Å². The van der Waals surface area contributed by atoms with Crippen LogP contribution in [0.3, 0.4) is 0 Å². The number of fused-ring (bicyclic) bond motifs is 2. The number of aliphatic hydroxyl groups excluding tert-OH is 1. The molecule has 0 aliphatic carbocycles. The van der Waals surface area contributed by atoms with Crippen molar-refractivity contribution in [1.82, 2.24) is 8.96 Å². The summed E-state index contributed by atoms with van der Waals surface area (Å²) in [5.41, 5.74) is 1.87. The molecule has 0 spiro atoms. The van der Waals surface area contributed by atoms with Crippen LogP contribution in [0.15, 0.2) is 90.0 Å². The SMILES string of the molecule is COc1ccc2c(c1)c(-c1nccc3ccccc13)c(CO)n2S(=O)(=O)c1ccccc1. The van der Waals surface area contributed by atoms with Gasteiger partial charge in [-0.05, 0) is 41.8 Å². The Kier molecular flexibility index (Phi) is 4.92. The molecule has 0 aliphatic heterocycles. The molecule has 5 rings (SSSR count). The van der Waals surface area contributed by atoms with Gasteiger partial charge < -0.3 is 9.84 Å². The molecule has 0 atom stereocenters. The molecule has 5 aromatic rings. The first-order valence-electron chi connectivity index (χ1n) is 10.0. The van der Waals surface area contributed by atoms with Crippen LogP contribution < -0.4 is 4.74 Å². The number of hydrogen-bond acceptors (Lipinski definition) is 5. The maximum atomic E-state index is 13.7. The van der Waals surface area contributed by atoms with Gasteiger partial charge in [-0.2, -0.15) is 0 Å². The molecule has 7 heteroatoms. The molecule has 2 aromatic heterocycles. The monoisotopic (exact) mass is 444 g/mol. The summed E-state index contributed by atoms with van der Waals surface area (Å²) in [6, 6.07) is 23.0. The molecule has 6 nitrogen and oxygen atoms in total. The topological polar surface area (TPSA) is 81.4 Å². The minimum Gasteiger partial charge on any atom is -0.497 e. The highest BCUT2D eigenvalue weighted by Gasteiger charge is 2.28. The second kappa shape index (κ2) is 7.78. The van der Waals surface area contributed by atoms with Gasteiger partial charge >= 0.3 is 0 Å². The molecule has 0 bridgehead atoms. The molecule has 0 saturated heterocycles. The van der Waals surface area contributed by atoms with Crippen molar-refractivity contribution in [1.29, 1.82) is 0 Å². The minimum atomic E-state index is -3.98. The summed E-state index contributed by atoms with van der Waals surface area (Å²) in [6.07, 6.45) is 1.69. The van der Waals surface area contributed by atoms with E-state index in [1.807, 2.05) is 30.3 Å². The third kappa shape index (κ3) is 3.05. The molecular weight excluding hydrogens is 424 g/mol. The summed E-state index contributed by atoms with van der Waals surface area (Å²) in [5.74, 6) is 0.581. The van der Waals surface area contributed by atoms with Gasteiger partial charge in [0.05, 0.1) is 35.5 Å². The van der Waals surface area contributed by atoms with Crippen LogP contribution in [0.1, 0.15) is 5.69 Å². The van der Waals surface area contributed by atoms with Crippen LogP contribution in [0.2, 0.25) is 0 Å². The van der Waals surface area contributed by atoms with Crippen molar-refractivity contribution < 1.29 is 18.3 Å².